The molecular formula is C23H25N5O. The highest BCUT2D eigenvalue weighted by atomic mass is 16.5. The molecule has 6 nitrogen and oxygen atoms in total. The maximum Gasteiger partial charge on any atom is 0.139 e. The summed E-state index contributed by atoms with van der Waals surface area (Å²) >= 11 is 0. The number of para-hydroxylation sites is 1. The minimum Gasteiger partial charge on any atom is -0.457 e. The smallest absolute Gasteiger partial charge is 0.139 e. The predicted octanol–water partition coefficient (Wildman–Crippen LogP) is 4.19. The van der Waals surface area contributed by atoms with Gasteiger partial charge in [-0.3, -0.25) is 5.41 Å². The lowest BCUT2D eigenvalue weighted by Crippen LogP contribution is -2.37. The topological polar surface area (TPSA) is 74.1 Å². The van der Waals surface area contributed by atoms with Gasteiger partial charge in [0, 0.05) is 17.8 Å². The van der Waals surface area contributed by atoms with Crippen LogP contribution in [0.15, 0.2) is 67.1 Å². The van der Waals surface area contributed by atoms with Crippen molar-refractivity contribution in [3.05, 3.63) is 78.2 Å². The van der Waals surface area contributed by atoms with Crippen molar-refractivity contribution in [2.45, 2.75) is 18.9 Å². The predicted molar refractivity (Wildman–Crippen MR) is 115 cm³/mol. The molecule has 1 aliphatic heterocycles. The molecule has 1 aliphatic rings. The number of benzene rings is 2. The van der Waals surface area contributed by atoms with Crippen LogP contribution in [-0.2, 0) is 0 Å². The molecule has 0 unspecified atom stereocenters. The number of aromatic nitrogens is 2. The zero-order chi connectivity index (χ0) is 20.1. The normalized spacial score (nSPS) is 15.1. The molecule has 0 atom stereocenters. The van der Waals surface area contributed by atoms with Crippen LogP contribution in [0.4, 0.5) is 5.82 Å². The van der Waals surface area contributed by atoms with Crippen molar-refractivity contribution in [3.63, 3.8) is 0 Å². The van der Waals surface area contributed by atoms with Gasteiger partial charge in [-0.1, -0.05) is 18.2 Å². The van der Waals surface area contributed by atoms with Crippen LogP contribution < -0.4 is 10.1 Å². The van der Waals surface area contributed by atoms with Crippen LogP contribution in [0.1, 0.15) is 24.0 Å². The van der Waals surface area contributed by atoms with Crippen LogP contribution in [0.3, 0.4) is 0 Å². The van der Waals surface area contributed by atoms with E-state index in [1.807, 2.05) is 54.6 Å². The SMILES string of the molecule is CN1CCC(Nc2ncncc2C(=N)c2ccc(Oc3ccccc3)cc2)CC1. The Balaban J connectivity index is 1.48. The Morgan fingerprint density at radius 1 is 1.03 bits per heavy atom. The molecule has 0 amide bonds. The standard InChI is InChI=1S/C23H25N5O/c1-28-13-11-18(12-14-28)27-23-21(15-25-16-26-23)22(24)17-7-9-20(10-8-17)29-19-5-3-2-4-6-19/h2-10,15-16,18,24H,11-14H2,1H3,(H,25,26,27). The summed E-state index contributed by atoms with van der Waals surface area (Å²) in [6.45, 7) is 2.14. The van der Waals surface area contributed by atoms with Crippen molar-refractivity contribution in [1.29, 1.82) is 5.41 Å². The van der Waals surface area contributed by atoms with Crippen molar-refractivity contribution in [2.75, 3.05) is 25.5 Å². The van der Waals surface area contributed by atoms with E-state index >= 15 is 0 Å². The number of piperidine rings is 1. The minimum atomic E-state index is 0.370. The van der Waals surface area contributed by atoms with Crippen molar-refractivity contribution < 1.29 is 4.74 Å². The largest absolute Gasteiger partial charge is 0.457 e. The third-order valence-corrected chi connectivity index (χ3v) is 5.16. The first-order valence-electron chi connectivity index (χ1n) is 9.86. The number of hydrogen-bond donors (Lipinski definition) is 2. The Morgan fingerprint density at radius 2 is 1.72 bits per heavy atom. The number of anilines is 1. The Kier molecular flexibility index (Phi) is 5.81. The second-order valence-corrected chi connectivity index (χ2v) is 7.32. The molecule has 2 aromatic carbocycles. The zero-order valence-corrected chi connectivity index (χ0v) is 16.5. The average molecular weight is 387 g/mol. The first-order valence-corrected chi connectivity index (χ1v) is 9.86. The highest BCUT2D eigenvalue weighted by Crippen LogP contribution is 2.24. The summed E-state index contributed by atoms with van der Waals surface area (Å²) in [6, 6.07) is 17.6. The third-order valence-electron chi connectivity index (χ3n) is 5.16. The molecule has 0 aliphatic carbocycles. The first-order chi connectivity index (χ1) is 14.2. The maximum atomic E-state index is 8.68. The van der Waals surface area contributed by atoms with E-state index in [1.54, 1.807) is 6.20 Å². The number of likely N-dealkylation sites (tertiary alicyclic amines) is 1. The van der Waals surface area contributed by atoms with Crippen molar-refractivity contribution in [1.82, 2.24) is 14.9 Å². The second kappa shape index (κ2) is 8.84. The summed E-state index contributed by atoms with van der Waals surface area (Å²) in [5.74, 6) is 2.25. The molecule has 148 valence electrons. The molecule has 0 spiro atoms. The molecule has 4 rings (SSSR count). The van der Waals surface area contributed by atoms with Gasteiger partial charge in [-0.25, -0.2) is 9.97 Å². The van der Waals surface area contributed by atoms with Gasteiger partial charge in [0.25, 0.3) is 0 Å². The number of hydrogen-bond acceptors (Lipinski definition) is 6. The van der Waals surface area contributed by atoms with Gasteiger partial charge in [0.05, 0.1) is 11.3 Å². The zero-order valence-electron chi connectivity index (χ0n) is 16.5. The summed E-state index contributed by atoms with van der Waals surface area (Å²) < 4.78 is 5.84. The fourth-order valence-electron chi connectivity index (χ4n) is 3.44. The fraction of sp³-hybridized carbons (Fsp3) is 0.261. The molecule has 2 heterocycles. The molecule has 6 heteroatoms. The highest BCUT2D eigenvalue weighted by molar-refractivity contribution is 6.13. The molecule has 1 aromatic heterocycles. The molecule has 0 radical (unpaired) electrons. The minimum absolute atomic E-state index is 0.370. The number of nitrogens with one attached hydrogen (secondary N) is 2. The Bertz CT molecular complexity index is 951. The molecular weight excluding hydrogens is 362 g/mol. The molecule has 2 N–H and O–H groups in total. The van der Waals surface area contributed by atoms with Crippen LogP contribution in [-0.4, -0.2) is 46.8 Å². The summed E-state index contributed by atoms with van der Waals surface area (Å²) in [5, 5.41) is 12.2. The van der Waals surface area contributed by atoms with E-state index in [0.29, 0.717) is 17.3 Å². The van der Waals surface area contributed by atoms with Gasteiger partial charge in [-0.2, -0.15) is 0 Å². The van der Waals surface area contributed by atoms with E-state index < -0.39 is 0 Å². The summed E-state index contributed by atoms with van der Waals surface area (Å²) in [7, 11) is 2.15. The van der Waals surface area contributed by atoms with E-state index in [2.05, 4.69) is 27.2 Å². The Labute approximate surface area is 171 Å². The van der Waals surface area contributed by atoms with Crippen LogP contribution >= 0.6 is 0 Å². The lowest BCUT2D eigenvalue weighted by atomic mass is 10.0. The summed E-state index contributed by atoms with van der Waals surface area (Å²) in [4.78, 5) is 10.9. The van der Waals surface area contributed by atoms with Crippen molar-refractivity contribution in [3.8, 4) is 11.5 Å². The van der Waals surface area contributed by atoms with Crippen LogP contribution in [0.25, 0.3) is 0 Å². The summed E-state index contributed by atoms with van der Waals surface area (Å²) in [6.07, 6.45) is 5.38. The van der Waals surface area contributed by atoms with Gasteiger partial charge in [0.15, 0.2) is 0 Å². The average Bonchev–Trinajstić information content (AvgIpc) is 2.77. The van der Waals surface area contributed by atoms with Gasteiger partial charge in [-0.15, -0.1) is 0 Å². The quantitative estimate of drug-likeness (QED) is 0.621. The van der Waals surface area contributed by atoms with E-state index in [1.165, 1.54) is 6.33 Å². The molecule has 0 bridgehead atoms. The fourth-order valence-corrected chi connectivity index (χ4v) is 3.44. The molecule has 0 saturated carbocycles. The van der Waals surface area contributed by atoms with Crippen LogP contribution in [0.5, 0.6) is 11.5 Å². The molecule has 3 aromatic rings. The Hall–Kier alpha value is -3.25. The maximum absolute atomic E-state index is 8.68. The Morgan fingerprint density at radius 3 is 2.45 bits per heavy atom. The third kappa shape index (κ3) is 4.78. The lowest BCUT2D eigenvalue weighted by Gasteiger charge is -2.30. The van der Waals surface area contributed by atoms with Crippen LogP contribution in [0, 0.1) is 5.41 Å². The molecule has 1 fully saturated rings. The van der Waals surface area contributed by atoms with Crippen LogP contribution in [0.2, 0.25) is 0 Å². The summed E-state index contributed by atoms with van der Waals surface area (Å²) in [5.41, 5.74) is 1.90. The van der Waals surface area contributed by atoms with Gasteiger partial charge in [0.1, 0.15) is 23.6 Å². The van der Waals surface area contributed by atoms with E-state index in [-0.39, 0.29) is 0 Å². The van der Waals surface area contributed by atoms with Gasteiger partial charge >= 0.3 is 0 Å². The monoisotopic (exact) mass is 387 g/mol. The number of ether oxygens (including phenoxy) is 1. The van der Waals surface area contributed by atoms with E-state index in [4.69, 9.17) is 10.1 Å². The first kappa shape index (κ1) is 19.1. The van der Waals surface area contributed by atoms with Crippen molar-refractivity contribution >= 4 is 11.5 Å². The molecule has 29 heavy (non-hydrogen) atoms. The van der Waals surface area contributed by atoms with E-state index in [9.17, 15) is 0 Å². The van der Waals surface area contributed by atoms with E-state index in [0.717, 1.165) is 48.8 Å². The lowest BCUT2D eigenvalue weighted by molar-refractivity contribution is 0.263. The van der Waals surface area contributed by atoms with Crippen molar-refractivity contribution in [2.24, 2.45) is 0 Å². The second-order valence-electron chi connectivity index (χ2n) is 7.32. The van der Waals surface area contributed by atoms with Gasteiger partial charge in [-0.05, 0) is 69.4 Å². The highest BCUT2D eigenvalue weighted by Gasteiger charge is 2.19. The molecule has 1 saturated heterocycles. The number of nitrogens with zero attached hydrogens (tertiary/aromatic N) is 3. The van der Waals surface area contributed by atoms with Gasteiger partial charge in [0.2, 0.25) is 0 Å². The number of rotatable bonds is 6. The van der Waals surface area contributed by atoms with Gasteiger partial charge < -0.3 is 15.0 Å².